The second-order valence-electron chi connectivity index (χ2n) is 10.0. The molecular weight excluding hydrogens is 748 g/mol. The molecule has 0 saturated heterocycles. The molecule has 1 heterocycles. The molecule has 0 radical (unpaired) electrons. The van der Waals surface area contributed by atoms with Gasteiger partial charge in [0.05, 0.1) is 39.4 Å². The molecule has 276 valence electrons. The molecule has 0 aliphatic carbocycles. The smallest absolute Gasteiger partial charge is 0.341 e. The number of hydrogen-bond acceptors (Lipinski definition) is 22. The highest BCUT2D eigenvalue weighted by molar-refractivity contribution is 5.84. The summed E-state index contributed by atoms with van der Waals surface area (Å²) in [5.74, 6) is -9.91. The maximum atomic E-state index is 12.1. The predicted octanol–water partition coefficient (Wildman–Crippen LogP) is 5.60. The van der Waals surface area contributed by atoms with Crippen LogP contribution in [0.15, 0.2) is 36.4 Å². The minimum atomic E-state index is -1.49. The standard InChI is InChI=1S/C24H10N10O20/c25-19-21(31(43)44)15-5-17(23(19)33(47)48)53-13-4-14(10(30(41)42)2-9(13)29(39)40)54-18-6-16(22(32(45)46)20(26)24(18)34(49)50)52-12-3-11(51-15)7(27(35)36)1-8(12)28(37)38/h1-6H,25-26H2. The first kappa shape index (κ1) is 36.2. The molecule has 0 saturated carbocycles. The van der Waals surface area contributed by atoms with Crippen molar-refractivity contribution in [3.63, 3.8) is 0 Å². The van der Waals surface area contributed by atoms with Crippen LogP contribution in [0.5, 0.6) is 46.0 Å². The number of nitrogens with two attached hydrogens (primary N) is 2. The summed E-state index contributed by atoms with van der Waals surface area (Å²) in [4.78, 5) is 85.6. The number of anilines is 2. The lowest BCUT2D eigenvalue weighted by Gasteiger charge is -2.16. The third-order valence-electron chi connectivity index (χ3n) is 6.96. The van der Waals surface area contributed by atoms with Gasteiger partial charge in [-0.3, -0.25) is 80.9 Å². The lowest BCUT2D eigenvalue weighted by molar-refractivity contribution is -0.396. The van der Waals surface area contributed by atoms with E-state index in [2.05, 4.69) is 0 Å². The highest BCUT2D eigenvalue weighted by atomic mass is 16.7. The van der Waals surface area contributed by atoms with Crippen molar-refractivity contribution in [2.24, 2.45) is 0 Å². The van der Waals surface area contributed by atoms with Crippen LogP contribution in [0.4, 0.5) is 56.9 Å². The highest BCUT2D eigenvalue weighted by Gasteiger charge is 2.40. The normalized spacial score (nSPS) is 11.4. The Bertz CT molecular complexity index is 2150. The van der Waals surface area contributed by atoms with Gasteiger partial charge in [-0.25, -0.2) is 0 Å². The third kappa shape index (κ3) is 6.12. The Hall–Kier alpha value is -9.12. The molecule has 0 spiro atoms. The lowest BCUT2D eigenvalue weighted by Crippen LogP contribution is -2.07. The van der Waals surface area contributed by atoms with Crippen LogP contribution in [0.1, 0.15) is 0 Å². The van der Waals surface area contributed by atoms with Gasteiger partial charge < -0.3 is 30.4 Å². The summed E-state index contributed by atoms with van der Waals surface area (Å²) in [7, 11) is 0. The largest absolute Gasteiger partial charge is 0.442 e. The minimum absolute atomic E-state index is 0.140. The summed E-state index contributed by atoms with van der Waals surface area (Å²) < 4.78 is 21.3. The van der Waals surface area contributed by atoms with Gasteiger partial charge in [0.1, 0.15) is 12.1 Å². The van der Waals surface area contributed by atoms with Gasteiger partial charge in [0.15, 0.2) is 11.4 Å². The molecule has 4 aromatic carbocycles. The molecule has 0 unspecified atom stereocenters. The van der Waals surface area contributed by atoms with E-state index in [-0.39, 0.29) is 36.4 Å². The molecule has 30 nitrogen and oxygen atoms in total. The molecular formula is C24H10N10O20. The second kappa shape index (κ2) is 13.0. The van der Waals surface area contributed by atoms with Crippen LogP contribution in [-0.2, 0) is 0 Å². The van der Waals surface area contributed by atoms with Crippen LogP contribution in [0, 0.1) is 80.9 Å². The fourth-order valence-corrected chi connectivity index (χ4v) is 4.78. The van der Waals surface area contributed by atoms with Crippen molar-refractivity contribution < 1.29 is 58.3 Å². The number of hydrogen-bond donors (Lipinski definition) is 2. The minimum Gasteiger partial charge on any atom is -0.442 e. The van der Waals surface area contributed by atoms with Gasteiger partial charge in [-0.05, 0) is 0 Å². The van der Waals surface area contributed by atoms with E-state index in [0.717, 1.165) is 0 Å². The first-order valence-corrected chi connectivity index (χ1v) is 13.4. The van der Waals surface area contributed by atoms with E-state index in [1.807, 2.05) is 0 Å². The van der Waals surface area contributed by atoms with Crippen LogP contribution in [0.3, 0.4) is 0 Å². The number of nitrogens with zero attached hydrogens (tertiary/aromatic N) is 8. The summed E-state index contributed by atoms with van der Waals surface area (Å²) >= 11 is 0. The molecule has 30 heteroatoms. The van der Waals surface area contributed by atoms with E-state index in [1.54, 1.807) is 0 Å². The van der Waals surface area contributed by atoms with Crippen molar-refractivity contribution in [1.29, 1.82) is 0 Å². The lowest BCUT2D eigenvalue weighted by atomic mass is 10.1. The Morgan fingerprint density at radius 3 is 0.667 bits per heavy atom. The molecule has 1 aliphatic rings. The van der Waals surface area contributed by atoms with E-state index < -0.39 is 142 Å². The maximum Gasteiger partial charge on any atom is 0.341 e. The van der Waals surface area contributed by atoms with Crippen LogP contribution < -0.4 is 30.4 Å². The summed E-state index contributed by atoms with van der Waals surface area (Å²) in [6.45, 7) is 0. The van der Waals surface area contributed by atoms with Crippen molar-refractivity contribution in [3.8, 4) is 46.0 Å². The number of rotatable bonds is 8. The molecule has 0 fully saturated rings. The number of ether oxygens (including phenoxy) is 4. The van der Waals surface area contributed by atoms with Gasteiger partial charge in [0.25, 0.3) is 0 Å². The highest BCUT2D eigenvalue weighted by Crippen LogP contribution is 2.55. The fraction of sp³-hybridized carbons (Fsp3) is 0. The molecule has 8 bridgehead atoms. The van der Waals surface area contributed by atoms with Crippen molar-refractivity contribution >= 4 is 56.9 Å². The van der Waals surface area contributed by atoms with Crippen molar-refractivity contribution in [1.82, 2.24) is 0 Å². The van der Waals surface area contributed by atoms with Crippen LogP contribution in [0.25, 0.3) is 0 Å². The zero-order chi connectivity index (χ0) is 40.1. The van der Waals surface area contributed by atoms with E-state index >= 15 is 0 Å². The third-order valence-corrected chi connectivity index (χ3v) is 6.96. The van der Waals surface area contributed by atoms with Crippen LogP contribution in [-0.4, -0.2) is 39.4 Å². The zero-order valence-corrected chi connectivity index (χ0v) is 25.4. The predicted molar refractivity (Wildman–Crippen MR) is 168 cm³/mol. The molecule has 0 amide bonds. The van der Waals surface area contributed by atoms with Crippen molar-refractivity contribution in [3.05, 3.63) is 117 Å². The van der Waals surface area contributed by atoms with Gasteiger partial charge in [-0.1, -0.05) is 0 Å². The van der Waals surface area contributed by atoms with Gasteiger partial charge in [0.2, 0.25) is 46.0 Å². The molecule has 4 N–H and O–H groups in total. The topological polar surface area (TPSA) is 434 Å². The average Bonchev–Trinajstić information content (AvgIpc) is 3.03. The van der Waals surface area contributed by atoms with Crippen molar-refractivity contribution in [2.75, 3.05) is 11.5 Å². The summed E-state index contributed by atoms with van der Waals surface area (Å²) in [6, 6.07) is 1.39. The number of nitro benzene ring substituents is 8. The molecule has 0 atom stereocenters. The molecule has 5 rings (SSSR count). The second-order valence-corrected chi connectivity index (χ2v) is 10.0. The Kier molecular flexibility index (Phi) is 8.69. The van der Waals surface area contributed by atoms with Gasteiger partial charge in [-0.2, -0.15) is 0 Å². The van der Waals surface area contributed by atoms with Gasteiger partial charge >= 0.3 is 45.5 Å². The number of benzene rings is 4. The van der Waals surface area contributed by atoms with E-state index in [4.69, 9.17) is 30.4 Å². The van der Waals surface area contributed by atoms with E-state index in [9.17, 15) is 80.9 Å². The van der Waals surface area contributed by atoms with E-state index in [0.29, 0.717) is 0 Å². The average molecular weight is 758 g/mol. The molecule has 0 aromatic heterocycles. The van der Waals surface area contributed by atoms with Gasteiger partial charge in [-0.15, -0.1) is 0 Å². The maximum absolute atomic E-state index is 12.1. The quantitative estimate of drug-likeness (QED) is 0.110. The number of nitro groups is 8. The monoisotopic (exact) mass is 758 g/mol. The van der Waals surface area contributed by atoms with E-state index in [1.165, 1.54) is 0 Å². The summed E-state index contributed by atoms with van der Waals surface area (Å²) in [5.41, 5.74) is -2.76. The Balaban J connectivity index is 2.02. The summed E-state index contributed by atoms with van der Waals surface area (Å²) in [6.07, 6.45) is 0. The first-order valence-electron chi connectivity index (χ1n) is 13.4. The Labute approximate surface area is 290 Å². The molecule has 54 heavy (non-hydrogen) atoms. The first-order chi connectivity index (χ1) is 25.2. The van der Waals surface area contributed by atoms with Crippen LogP contribution in [0.2, 0.25) is 0 Å². The molecule has 1 aliphatic heterocycles. The Morgan fingerprint density at radius 1 is 0.315 bits per heavy atom. The number of fused-ring (bicyclic) bond motifs is 8. The summed E-state index contributed by atoms with van der Waals surface area (Å²) in [5, 5.41) is 96.4. The van der Waals surface area contributed by atoms with Crippen LogP contribution >= 0.6 is 0 Å². The fourth-order valence-electron chi connectivity index (χ4n) is 4.78. The zero-order valence-electron chi connectivity index (χ0n) is 25.4. The molecule has 4 aromatic rings. The number of nitrogen functional groups attached to an aromatic ring is 2. The SMILES string of the molecule is Nc1c([N+](=O)[O-])c2cc(c1[N+](=O)[O-])Oc1cc(c([N+](=O)[O-])cc1[N+](=O)[O-])Oc1cc(c([N+](=O)[O-])c(N)c1[N+](=O)[O-])Oc1cc(c([N+](=O)[O-])cc1[N+](=O)[O-])O2. The Morgan fingerprint density at radius 2 is 0.500 bits per heavy atom. The van der Waals surface area contributed by atoms with Gasteiger partial charge in [0, 0.05) is 24.3 Å². The van der Waals surface area contributed by atoms with Crippen molar-refractivity contribution in [2.45, 2.75) is 0 Å².